The molecule has 1 aliphatic carbocycles. The highest BCUT2D eigenvalue weighted by atomic mass is 16.4. The average Bonchev–Trinajstić information content (AvgIpc) is 3.03. The molecule has 0 radical (unpaired) electrons. The van der Waals surface area contributed by atoms with Crippen LogP contribution in [-0.2, 0) is 22.6 Å². The first kappa shape index (κ1) is 20.0. The summed E-state index contributed by atoms with van der Waals surface area (Å²) in [6.45, 7) is 4.37. The Bertz CT molecular complexity index is 841. The molecule has 2 aromatic rings. The lowest BCUT2D eigenvalue weighted by Gasteiger charge is -2.42. The number of amides is 1. The largest absolute Gasteiger partial charge is 0.481 e. The minimum atomic E-state index is -0.833. The zero-order valence-electron chi connectivity index (χ0n) is 16.3. The number of aliphatic carboxylic acids is 1. The number of rotatable bonds is 3. The summed E-state index contributed by atoms with van der Waals surface area (Å²) in [5, 5.41) is 16.1. The molecule has 8 nitrogen and oxygen atoms in total. The Morgan fingerprint density at radius 2 is 1.89 bits per heavy atom. The molecule has 1 aliphatic heterocycles. The van der Waals surface area contributed by atoms with Gasteiger partial charge in [0.05, 0.1) is 18.1 Å². The Balaban J connectivity index is 0.000000516. The number of nitrogens with zero attached hydrogens (tertiary/aromatic N) is 4. The highest BCUT2D eigenvalue weighted by molar-refractivity contribution is 5.87. The minimum absolute atomic E-state index is 0.0689. The maximum atomic E-state index is 12.7. The second-order valence-corrected chi connectivity index (χ2v) is 7.63. The monoisotopic (exact) mass is 385 g/mol. The number of aromatic nitrogens is 3. The summed E-state index contributed by atoms with van der Waals surface area (Å²) in [6.07, 6.45) is 3.39. The normalized spacial score (nSPS) is 19.7. The van der Waals surface area contributed by atoms with Gasteiger partial charge in [0.15, 0.2) is 5.82 Å². The number of hydrogen-bond acceptors (Lipinski definition) is 5. The van der Waals surface area contributed by atoms with E-state index in [1.54, 1.807) is 0 Å². The Hall–Kier alpha value is -2.74. The summed E-state index contributed by atoms with van der Waals surface area (Å²) < 4.78 is 2.18. The maximum Gasteiger partial charge on any atom is 0.300 e. The number of hydrogen-bond donors (Lipinski definition) is 2. The number of benzene rings is 1. The number of carbonyl (C=O) groups excluding carboxylic acids is 1. The van der Waals surface area contributed by atoms with Gasteiger partial charge >= 0.3 is 0 Å². The Morgan fingerprint density at radius 3 is 2.46 bits per heavy atom. The molecule has 1 saturated carbocycles. The molecular weight excluding hydrogens is 358 g/mol. The fourth-order valence-electron chi connectivity index (χ4n) is 3.75. The molecule has 150 valence electrons. The molecule has 4 rings (SSSR count). The number of carboxylic acid groups (broad SMARTS) is 1. The van der Waals surface area contributed by atoms with Crippen LogP contribution in [0.15, 0.2) is 30.3 Å². The lowest BCUT2D eigenvalue weighted by Crippen LogP contribution is -2.60. The van der Waals surface area contributed by atoms with E-state index in [1.165, 1.54) is 5.56 Å². The predicted octanol–water partition coefficient (Wildman–Crippen LogP) is 1.74. The van der Waals surface area contributed by atoms with Crippen molar-refractivity contribution in [2.75, 3.05) is 6.54 Å². The van der Waals surface area contributed by atoms with Gasteiger partial charge in [-0.05, 0) is 31.7 Å². The van der Waals surface area contributed by atoms with Crippen LogP contribution in [0.1, 0.15) is 56.4 Å². The van der Waals surface area contributed by atoms with Crippen molar-refractivity contribution in [2.45, 2.75) is 57.7 Å². The average molecular weight is 385 g/mol. The summed E-state index contributed by atoms with van der Waals surface area (Å²) in [5.74, 6) is 1.05. The van der Waals surface area contributed by atoms with Crippen LogP contribution in [0.5, 0.6) is 0 Å². The van der Waals surface area contributed by atoms with Gasteiger partial charge in [0.25, 0.3) is 5.97 Å². The Morgan fingerprint density at radius 1 is 1.25 bits per heavy atom. The number of fused-ring (bicyclic) bond motifs is 1. The molecule has 8 heteroatoms. The molecule has 3 N–H and O–H groups in total. The molecule has 2 heterocycles. The van der Waals surface area contributed by atoms with Crippen molar-refractivity contribution in [2.24, 2.45) is 5.73 Å². The molecule has 2 aliphatic rings. The lowest BCUT2D eigenvalue weighted by molar-refractivity contribution is -0.142. The van der Waals surface area contributed by atoms with E-state index in [0.717, 1.165) is 44.3 Å². The molecule has 1 fully saturated rings. The number of carboxylic acids is 1. The molecule has 0 spiro atoms. The first-order valence-electron chi connectivity index (χ1n) is 9.54. The highest BCUT2D eigenvalue weighted by Gasteiger charge is 2.44. The van der Waals surface area contributed by atoms with Gasteiger partial charge < -0.3 is 20.3 Å². The van der Waals surface area contributed by atoms with Crippen LogP contribution in [0, 0.1) is 0 Å². The van der Waals surface area contributed by atoms with Crippen LogP contribution in [0.4, 0.5) is 0 Å². The summed E-state index contributed by atoms with van der Waals surface area (Å²) in [7, 11) is 0. The molecule has 1 aromatic carbocycles. The smallest absolute Gasteiger partial charge is 0.300 e. The lowest BCUT2D eigenvalue weighted by atomic mass is 9.76. The van der Waals surface area contributed by atoms with E-state index >= 15 is 0 Å². The van der Waals surface area contributed by atoms with Gasteiger partial charge in [-0.15, -0.1) is 10.2 Å². The SMILES string of the molecule is CC(=O)O.C[C@H]1CN(C(=O)C2(N)CCC2)Cc2nnc(Cc3ccccc3)n21. The van der Waals surface area contributed by atoms with Gasteiger partial charge in [0.1, 0.15) is 5.82 Å². The van der Waals surface area contributed by atoms with Crippen LogP contribution in [0.2, 0.25) is 0 Å². The third-order valence-electron chi connectivity index (χ3n) is 5.26. The van der Waals surface area contributed by atoms with E-state index in [1.807, 2.05) is 23.1 Å². The third-order valence-corrected chi connectivity index (χ3v) is 5.26. The topological polar surface area (TPSA) is 114 Å². The van der Waals surface area contributed by atoms with Crippen molar-refractivity contribution < 1.29 is 14.7 Å². The van der Waals surface area contributed by atoms with Crippen LogP contribution in [0.3, 0.4) is 0 Å². The molecule has 0 bridgehead atoms. The number of nitrogens with two attached hydrogens (primary N) is 1. The van der Waals surface area contributed by atoms with Crippen molar-refractivity contribution in [3.8, 4) is 0 Å². The van der Waals surface area contributed by atoms with Gasteiger partial charge in [0.2, 0.25) is 5.91 Å². The molecule has 28 heavy (non-hydrogen) atoms. The molecular formula is C20H27N5O3. The first-order valence-corrected chi connectivity index (χ1v) is 9.54. The van der Waals surface area contributed by atoms with Gasteiger partial charge in [-0.25, -0.2) is 0 Å². The van der Waals surface area contributed by atoms with E-state index in [9.17, 15) is 4.79 Å². The van der Waals surface area contributed by atoms with Gasteiger partial charge in [-0.1, -0.05) is 30.3 Å². The summed E-state index contributed by atoms with van der Waals surface area (Å²) in [6, 6.07) is 10.4. The molecule has 1 aromatic heterocycles. The van der Waals surface area contributed by atoms with Gasteiger partial charge in [0, 0.05) is 19.9 Å². The molecule has 1 atom stereocenters. The van der Waals surface area contributed by atoms with Crippen molar-refractivity contribution >= 4 is 11.9 Å². The predicted molar refractivity (Wildman–Crippen MR) is 103 cm³/mol. The van der Waals surface area contributed by atoms with Crippen molar-refractivity contribution in [3.05, 3.63) is 47.5 Å². The zero-order chi connectivity index (χ0) is 20.3. The van der Waals surface area contributed by atoms with E-state index in [4.69, 9.17) is 15.6 Å². The number of carbonyl (C=O) groups is 2. The van der Waals surface area contributed by atoms with E-state index < -0.39 is 11.5 Å². The van der Waals surface area contributed by atoms with Crippen LogP contribution in [-0.4, -0.2) is 48.7 Å². The summed E-state index contributed by atoms with van der Waals surface area (Å²) in [4.78, 5) is 23.6. The van der Waals surface area contributed by atoms with Crippen LogP contribution >= 0.6 is 0 Å². The molecule has 1 amide bonds. The quantitative estimate of drug-likeness (QED) is 0.832. The summed E-state index contributed by atoms with van der Waals surface area (Å²) >= 11 is 0. The zero-order valence-corrected chi connectivity index (χ0v) is 16.3. The van der Waals surface area contributed by atoms with Crippen molar-refractivity contribution in [1.29, 1.82) is 0 Å². The van der Waals surface area contributed by atoms with Crippen LogP contribution in [0.25, 0.3) is 0 Å². The van der Waals surface area contributed by atoms with E-state index in [0.29, 0.717) is 13.1 Å². The Kier molecular flexibility index (Phi) is 5.79. The van der Waals surface area contributed by atoms with Crippen molar-refractivity contribution in [1.82, 2.24) is 19.7 Å². The summed E-state index contributed by atoms with van der Waals surface area (Å²) in [5.41, 5.74) is 6.79. The first-order chi connectivity index (χ1) is 13.3. The van der Waals surface area contributed by atoms with Gasteiger partial charge in [-0.2, -0.15) is 0 Å². The van der Waals surface area contributed by atoms with E-state index in [2.05, 4.69) is 33.8 Å². The third kappa shape index (κ3) is 4.22. The Labute approximate surface area is 164 Å². The molecule has 0 saturated heterocycles. The second-order valence-electron chi connectivity index (χ2n) is 7.63. The van der Waals surface area contributed by atoms with Gasteiger partial charge in [-0.3, -0.25) is 9.59 Å². The molecule has 0 unspecified atom stereocenters. The van der Waals surface area contributed by atoms with Crippen LogP contribution < -0.4 is 5.73 Å². The standard InChI is InChI=1S/C18H23N5O.C2H4O2/c1-13-11-22(17(24)18(19)8-5-9-18)12-16-21-20-15(23(13)16)10-14-6-3-2-4-7-14;1-2(3)4/h2-4,6-7,13H,5,8-12,19H2,1H3;1H3,(H,3,4)/t13-;/m0./s1. The maximum absolute atomic E-state index is 12.7. The van der Waals surface area contributed by atoms with Crippen molar-refractivity contribution in [3.63, 3.8) is 0 Å². The fourth-order valence-corrected chi connectivity index (χ4v) is 3.75. The fraction of sp³-hybridized carbons (Fsp3) is 0.500. The van der Waals surface area contributed by atoms with E-state index in [-0.39, 0.29) is 11.9 Å². The second kappa shape index (κ2) is 8.10. The highest BCUT2D eigenvalue weighted by Crippen LogP contribution is 2.33. The minimum Gasteiger partial charge on any atom is -0.481 e.